The molecular formula is C12H13F3N2O3S. The zero-order chi connectivity index (χ0) is 16.0. The van der Waals surface area contributed by atoms with Crippen LogP contribution in [0.25, 0.3) is 0 Å². The Kier molecular flexibility index (Phi) is 3.73. The van der Waals surface area contributed by atoms with Gasteiger partial charge in [-0.05, 0) is 20.3 Å². The number of halogens is 3. The molecule has 1 saturated heterocycles. The normalized spacial score (nSPS) is 22.6. The van der Waals surface area contributed by atoms with Crippen LogP contribution >= 0.6 is 11.3 Å². The van der Waals surface area contributed by atoms with Gasteiger partial charge in [0.25, 0.3) is 5.91 Å². The molecule has 2 heterocycles. The van der Waals surface area contributed by atoms with Crippen LogP contribution in [-0.2, 0) is 4.79 Å². The van der Waals surface area contributed by atoms with Crippen molar-refractivity contribution in [3.63, 3.8) is 0 Å². The number of thiazole rings is 1. The van der Waals surface area contributed by atoms with E-state index in [1.54, 1.807) is 13.8 Å². The number of hydrogen-bond donors (Lipinski definition) is 1. The Morgan fingerprint density at radius 1 is 1.38 bits per heavy atom. The fourth-order valence-corrected chi connectivity index (χ4v) is 3.20. The molecule has 5 nitrogen and oxygen atoms in total. The molecule has 2 rings (SSSR count). The second kappa shape index (κ2) is 4.97. The van der Waals surface area contributed by atoms with Gasteiger partial charge in [-0.25, -0.2) is 4.98 Å². The molecule has 0 spiro atoms. The minimum Gasteiger partial charge on any atom is -0.481 e. The molecule has 9 heteroatoms. The number of carboxylic acids is 1. The fourth-order valence-electron chi connectivity index (χ4n) is 2.39. The summed E-state index contributed by atoms with van der Waals surface area (Å²) in [5.74, 6) is -2.60. The first kappa shape index (κ1) is 15.7. The van der Waals surface area contributed by atoms with Crippen LogP contribution in [0.4, 0.5) is 13.2 Å². The summed E-state index contributed by atoms with van der Waals surface area (Å²) in [5.41, 5.74) is -2.79. The molecule has 0 bridgehead atoms. The van der Waals surface area contributed by atoms with Crippen molar-refractivity contribution in [2.75, 3.05) is 13.1 Å². The summed E-state index contributed by atoms with van der Waals surface area (Å²) in [4.78, 5) is 28.8. The van der Waals surface area contributed by atoms with Crippen molar-refractivity contribution in [2.24, 2.45) is 5.41 Å². The molecule has 0 saturated carbocycles. The Balaban J connectivity index is 2.28. The fraction of sp³-hybridized carbons (Fsp3) is 0.583. The molecule has 1 aromatic rings. The predicted octanol–water partition coefficient (Wildman–Crippen LogP) is 2.24. The second-order valence-electron chi connectivity index (χ2n) is 5.00. The van der Waals surface area contributed by atoms with E-state index in [1.165, 1.54) is 11.3 Å². The summed E-state index contributed by atoms with van der Waals surface area (Å²) in [5, 5.41) is 9.59. The minimum absolute atomic E-state index is 0.0980. The van der Waals surface area contributed by atoms with Crippen molar-refractivity contribution in [3.8, 4) is 0 Å². The van der Waals surface area contributed by atoms with E-state index in [0.717, 1.165) is 4.90 Å². The molecule has 1 fully saturated rings. The number of alkyl halides is 3. The number of rotatable bonds is 2. The number of carbonyl (C=O) groups is 2. The van der Waals surface area contributed by atoms with E-state index >= 15 is 0 Å². The number of nitrogens with zero attached hydrogens (tertiary/aromatic N) is 2. The number of aryl methyl sites for hydroxylation is 2. The van der Waals surface area contributed by atoms with E-state index in [1.807, 2.05) is 0 Å². The summed E-state index contributed by atoms with van der Waals surface area (Å²) < 4.78 is 39.2. The van der Waals surface area contributed by atoms with Gasteiger partial charge in [-0.2, -0.15) is 13.2 Å². The van der Waals surface area contributed by atoms with Gasteiger partial charge in [0.1, 0.15) is 5.69 Å². The number of hydrogen-bond acceptors (Lipinski definition) is 4. The number of amides is 1. The molecule has 1 atom stereocenters. The molecule has 0 aromatic carbocycles. The van der Waals surface area contributed by atoms with Crippen molar-refractivity contribution in [1.29, 1.82) is 0 Å². The third-order valence-electron chi connectivity index (χ3n) is 3.61. The van der Waals surface area contributed by atoms with Gasteiger partial charge < -0.3 is 10.0 Å². The molecule has 0 aliphatic carbocycles. The van der Waals surface area contributed by atoms with Crippen molar-refractivity contribution in [3.05, 3.63) is 15.6 Å². The molecule has 0 radical (unpaired) electrons. The Labute approximate surface area is 122 Å². The lowest BCUT2D eigenvalue weighted by Crippen LogP contribution is -2.47. The first-order valence-corrected chi connectivity index (χ1v) is 6.93. The topological polar surface area (TPSA) is 70.5 Å². The Morgan fingerprint density at radius 2 is 2.00 bits per heavy atom. The van der Waals surface area contributed by atoms with Gasteiger partial charge in [-0.3, -0.25) is 9.59 Å². The molecule has 0 unspecified atom stereocenters. The lowest BCUT2D eigenvalue weighted by molar-refractivity contribution is -0.227. The van der Waals surface area contributed by atoms with Crippen LogP contribution in [0.5, 0.6) is 0 Å². The van der Waals surface area contributed by atoms with Crippen LogP contribution in [0.2, 0.25) is 0 Å². The third kappa shape index (κ3) is 2.50. The maximum Gasteiger partial charge on any atom is 0.406 e. The van der Waals surface area contributed by atoms with Gasteiger partial charge in [0, 0.05) is 18.0 Å². The Hall–Kier alpha value is -1.64. The maximum absolute atomic E-state index is 13.1. The summed E-state index contributed by atoms with van der Waals surface area (Å²) in [6.07, 6.45) is -5.54. The van der Waals surface area contributed by atoms with E-state index in [4.69, 9.17) is 5.11 Å². The number of carbonyl (C=O) groups excluding carboxylic acids is 1. The SMILES string of the molecule is Cc1nc(C(=O)N2CC[C@@](C(=O)O)(C(F)(F)F)C2)c(C)s1. The van der Waals surface area contributed by atoms with Crippen molar-refractivity contribution in [2.45, 2.75) is 26.4 Å². The lowest BCUT2D eigenvalue weighted by atomic mass is 9.86. The van der Waals surface area contributed by atoms with Crippen molar-refractivity contribution in [1.82, 2.24) is 9.88 Å². The zero-order valence-electron chi connectivity index (χ0n) is 11.3. The van der Waals surface area contributed by atoms with E-state index < -0.39 is 36.4 Å². The van der Waals surface area contributed by atoms with E-state index in [0.29, 0.717) is 9.88 Å². The predicted molar refractivity (Wildman–Crippen MR) is 68.2 cm³/mol. The van der Waals surface area contributed by atoms with Crippen LogP contribution < -0.4 is 0 Å². The number of likely N-dealkylation sites (tertiary alicyclic amines) is 1. The van der Waals surface area contributed by atoms with Crippen LogP contribution in [0.15, 0.2) is 0 Å². The van der Waals surface area contributed by atoms with Crippen molar-refractivity contribution >= 4 is 23.2 Å². The number of aliphatic carboxylic acids is 1. The number of carboxylic acid groups (broad SMARTS) is 1. The van der Waals surface area contributed by atoms with Crippen molar-refractivity contribution < 1.29 is 27.9 Å². The lowest BCUT2D eigenvalue weighted by Gasteiger charge is -2.27. The first-order valence-electron chi connectivity index (χ1n) is 6.12. The van der Waals surface area contributed by atoms with Gasteiger partial charge in [0.05, 0.1) is 5.01 Å². The van der Waals surface area contributed by atoms with Gasteiger partial charge >= 0.3 is 12.1 Å². The van der Waals surface area contributed by atoms with Crippen LogP contribution in [0, 0.1) is 19.3 Å². The monoisotopic (exact) mass is 322 g/mol. The number of aromatic nitrogens is 1. The summed E-state index contributed by atoms with van der Waals surface area (Å²) in [6, 6.07) is 0. The Bertz CT molecular complexity index is 599. The molecule has 116 valence electrons. The third-order valence-corrected chi connectivity index (χ3v) is 4.50. The Morgan fingerprint density at radius 3 is 2.38 bits per heavy atom. The summed E-state index contributed by atoms with van der Waals surface area (Å²) in [7, 11) is 0. The van der Waals surface area contributed by atoms with Crippen LogP contribution in [0.3, 0.4) is 0 Å². The quantitative estimate of drug-likeness (QED) is 0.906. The smallest absolute Gasteiger partial charge is 0.406 e. The molecule has 21 heavy (non-hydrogen) atoms. The highest BCUT2D eigenvalue weighted by atomic mass is 32.1. The highest BCUT2D eigenvalue weighted by Crippen LogP contribution is 2.46. The highest BCUT2D eigenvalue weighted by Gasteiger charge is 2.64. The average Bonchev–Trinajstić information content (AvgIpc) is 2.92. The van der Waals surface area contributed by atoms with Gasteiger partial charge in [0.2, 0.25) is 0 Å². The summed E-state index contributed by atoms with van der Waals surface area (Å²) >= 11 is 1.27. The van der Waals surface area contributed by atoms with Gasteiger partial charge in [-0.1, -0.05) is 0 Å². The highest BCUT2D eigenvalue weighted by molar-refractivity contribution is 7.11. The molecular weight excluding hydrogens is 309 g/mol. The van der Waals surface area contributed by atoms with Crippen LogP contribution in [-0.4, -0.2) is 46.1 Å². The van der Waals surface area contributed by atoms with Gasteiger partial charge in [0.15, 0.2) is 5.41 Å². The minimum atomic E-state index is -4.90. The second-order valence-corrected chi connectivity index (χ2v) is 6.41. The van der Waals surface area contributed by atoms with Crippen LogP contribution in [0.1, 0.15) is 26.8 Å². The molecule has 1 N–H and O–H groups in total. The summed E-state index contributed by atoms with van der Waals surface area (Å²) in [6.45, 7) is 2.22. The largest absolute Gasteiger partial charge is 0.481 e. The average molecular weight is 322 g/mol. The van der Waals surface area contributed by atoms with Gasteiger partial charge in [-0.15, -0.1) is 11.3 Å². The maximum atomic E-state index is 13.1. The van der Waals surface area contributed by atoms with E-state index in [9.17, 15) is 22.8 Å². The molecule has 1 aliphatic rings. The van der Waals surface area contributed by atoms with E-state index in [-0.39, 0.29) is 12.2 Å². The molecule has 1 aromatic heterocycles. The first-order chi connectivity index (χ1) is 9.58. The van der Waals surface area contributed by atoms with E-state index in [2.05, 4.69) is 4.98 Å². The molecule has 1 aliphatic heterocycles. The standard InChI is InChI=1S/C12H13F3N2O3S/c1-6-8(16-7(2)21-6)9(18)17-4-3-11(5-17,10(19)20)12(13,14)15/h3-5H2,1-2H3,(H,19,20)/t11-/m1/s1. The molecule has 1 amide bonds. The zero-order valence-corrected chi connectivity index (χ0v) is 12.1.